The van der Waals surface area contributed by atoms with Gasteiger partial charge >= 0.3 is 0 Å². The van der Waals surface area contributed by atoms with Gasteiger partial charge in [0.2, 0.25) is 0 Å². The molecule has 2 aromatic heterocycles. The standard InChI is InChI=1S/C12H19N5/c1-10(2)8-17-12(4-5-14-17)7-13-11-6-15-16(3)9-11/h4-6,9-10,13H,7-8H2,1-3H3. The Morgan fingerprint density at radius 1 is 1.35 bits per heavy atom. The van der Waals surface area contributed by atoms with Crippen LogP contribution in [0.1, 0.15) is 19.5 Å². The van der Waals surface area contributed by atoms with Crippen molar-refractivity contribution in [3.8, 4) is 0 Å². The largest absolute Gasteiger partial charge is 0.377 e. The molecule has 1 N–H and O–H groups in total. The molecule has 17 heavy (non-hydrogen) atoms. The molecular weight excluding hydrogens is 214 g/mol. The van der Waals surface area contributed by atoms with E-state index in [1.807, 2.05) is 36.4 Å². The van der Waals surface area contributed by atoms with Crippen molar-refractivity contribution >= 4 is 5.69 Å². The van der Waals surface area contributed by atoms with Crippen LogP contribution in [0.25, 0.3) is 0 Å². The molecule has 2 aromatic rings. The second-order valence-corrected chi connectivity index (χ2v) is 4.65. The molecule has 0 radical (unpaired) electrons. The Labute approximate surface area is 101 Å². The van der Waals surface area contributed by atoms with E-state index in [-0.39, 0.29) is 0 Å². The number of nitrogens with zero attached hydrogens (tertiary/aromatic N) is 4. The lowest BCUT2D eigenvalue weighted by molar-refractivity contribution is 0.470. The zero-order valence-electron chi connectivity index (χ0n) is 10.6. The van der Waals surface area contributed by atoms with E-state index in [0.29, 0.717) is 5.92 Å². The van der Waals surface area contributed by atoms with Crippen LogP contribution in [0.15, 0.2) is 24.7 Å². The monoisotopic (exact) mass is 233 g/mol. The zero-order chi connectivity index (χ0) is 12.3. The Balaban J connectivity index is 1.97. The number of rotatable bonds is 5. The van der Waals surface area contributed by atoms with Gasteiger partial charge in [-0.25, -0.2) is 0 Å². The predicted molar refractivity (Wildman–Crippen MR) is 67.6 cm³/mol. The molecule has 5 heteroatoms. The maximum absolute atomic E-state index is 4.33. The second-order valence-electron chi connectivity index (χ2n) is 4.65. The van der Waals surface area contributed by atoms with Gasteiger partial charge in [-0.3, -0.25) is 9.36 Å². The van der Waals surface area contributed by atoms with Gasteiger partial charge in [-0.2, -0.15) is 10.2 Å². The number of anilines is 1. The van der Waals surface area contributed by atoms with E-state index in [1.54, 1.807) is 4.68 Å². The summed E-state index contributed by atoms with van der Waals surface area (Å²) in [6.45, 7) is 6.12. The Morgan fingerprint density at radius 2 is 2.18 bits per heavy atom. The van der Waals surface area contributed by atoms with Crippen molar-refractivity contribution in [2.24, 2.45) is 13.0 Å². The van der Waals surface area contributed by atoms with E-state index in [0.717, 1.165) is 18.8 Å². The molecule has 0 spiro atoms. The van der Waals surface area contributed by atoms with Crippen molar-refractivity contribution < 1.29 is 0 Å². The van der Waals surface area contributed by atoms with Crippen LogP contribution in [0.5, 0.6) is 0 Å². The third-order valence-corrected chi connectivity index (χ3v) is 2.52. The average molecular weight is 233 g/mol. The lowest BCUT2D eigenvalue weighted by Crippen LogP contribution is -2.12. The number of aromatic nitrogens is 4. The third-order valence-electron chi connectivity index (χ3n) is 2.52. The molecule has 0 aromatic carbocycles. The maximum atomic E-state index is 4.33. The molecule has 5 nitrogen and oxygen atoms in total. The molecule has 0 unspecified atom stereocenters. The van der Waals surface area contributed by atoms with Crippen LogP contribution in [0.2, 0.25) is 0 Å². The van der Waals surface area contributed by atoms with E-state index >= 15 is 0 Å². The van der Waals surface area contributed by atoms with Crippen molar-refractivity contribution in [3.63, 3.8) is 0 Å². The minimum Gasteiger partial charge on any atom is -0.377 e. The SMILES string of the molecule is CC(C)Cn1nccc1CNc1cnn(C)c1. The Bertz CT molecular complexity index is 469. The molecule has 92 valence electrons. The Hall–Kier alpha value is -1.78. The van der Waals surface area contributed by atoms with Crippen LogP contribution in [-0.2, 0) is 20.1 Å². The van der Waals surface area contributed by atoms with Gasteiger partial charge < -0.3 is 5.32 Å². The molecule has 0 bridgehead atoms. The fourth-order valence-corrected chi connectivity index (χ4v) is 1.73. The van der Waals surface area contributed by atoms with Crippen LogP contribution >= 0.6 is 0 Å². The summed E-state index contributed by atoms with van der Waals surface area (Å²) in [5, 5.41) is 11.8. The highest BCUT2D eigenvalue weighted by molar-refractivity contribution is 5.38. The van der Waals surface area contributed by atoms with Gasteiger partial charge in [0.05, 0.1) is 24.1 Å². The third kappa shape index (κ3) is 3.09. The molecule has 2 rings (SSSR count). The molecular formula is C12H19N5. The fourth-order valence-electron chi connectivity index (χ4n) is 1.73. The molecule has 0 aliphatic carbocycles. The average Bonchev–Trinajstić information content (AvgIpc) is 2.84. The molecule has 0 aliphatic rings. The predicted octanol–water partition coefficient (Wildman–Crippen LogP) is 1.88. The van der Waals surface area contributed by atoms with Crippen LogP contribution in [0, 0.1) is 5.92 Å². The summed E-state index contributed by atoms with van der Waals surface area (Å²) in [7, 11) is 1.91. The lowest BCUT2D eigenvalue weighted by Gasteiger charge is -2.10. The van der Waals surface area contributed by atoms with Crippen molar-refractivity contribution in [1.29, 1.82) is 0 Å². The first kappa shape index (κ1) is 11.7. The molecule has 0 saturated heterocycles. The molecule has 0 saturated carbocycles. The van der Waals surface area contributed by atoms with Crippen molar-refractivity contribution in [2.45, 2.75) is 26.9 Å². The van der Waals surface area contributed by atoms with Gasteiger partial charge in [0, 0.05) is 26.0 Å². The summed E-state index contributed by atoms with van der Waals surface area (Å²) in [6, 6.07) is 2.05. The number of aryl methyl sites for hydroxylation is 1. The van der Waals surface area contributed by atoms with Crippen LogP contribution in [0.3, 0.4) is 0 Å². The van der Waals surface area contributed by atoms with Crippen molar-refractivity contribution in [2.75, 3.05) is 5.32 Å². The topological polar surface area (TPSA) is 47.7 Å². The highest BCUT2D eigenvalue weighted by Crippen LogP contribution is 2.08. The van der Waals surface area contributed by atoms with Crippen LogP contribution in [-0.4, -0.2) is 19.6 Å². The normalized spacial score (nSPS) is 11.1. The Morgan fingerprint density at radius 3 is 2.82 bits per heavy atom. The first-order valence-corrected chi connectivity index (χ1v) is 5.88. The summed E-state index contributed by atoms with van der Waals surface area (Å²) >= 11 is 0. The van der Waals surface area contributed by atoms with Crippen molar-refractivity contribution in [1.82, 2.24) is 19.6 Å². The minimum absolute atomic E-state index is 0.604. The van der Waals surface area contributed by atoms with Crippen LogP contribution < -0.4 is 5.32 Å². The smallest absolute Gasteiger partial charge is 0.0729 e. The molecule has 0 atom stereocenters. The number of nitrogens with one attached hydrogen (secondary N) is 1. The quantitative estimate of drug-likeness (QED) is 0.857. The van der Waals surface area contributed by atoms with Gasteiger partial charge in [0.15, 0.2) is 0 Å². The molecule has 0 amide bonds. The van der Waals surface area contributed by atoms with Gasteiger partial charge in [-0.1, -0.05) is 13.8 Å². The van der Waals surface area contributed by atoms with Crippen LogP contribution in [0.4, 0.5) is 5.69 Å². The van der Waals surface area contributed by atoms with E-state index < -0.39 is 0 Å². The minimum atomic E-state index is 0.604. The highest BCUT2D eigenvalue weighted by atomic mass is 15.3. The maximum Gasteiger partial charge on any atom is 0.0729 e. The van der Waals surface area contributed by atoms with E-state index in [2.05, 4.69) is 29.4 Å². The number of hydrogen-bond acceptors (Lipinski definition) is 3. The first-order chi connectivity index (χ1) is 8.15. The van der Waals surface area contributed by atoms with Gasteiger partial charge in [0.1, 0.15) is 0 Å². The summed E-state index contributed by atoms with van der Waals surface area (Å²) in [5.41, 5.74) is 2.23. The zero-order valence-corrected chi connectivity index (χ0v) is 10.6. The number of hydrogen-bond donors (Lipinski definition) is 1. The van der Waals surface area contributed by atoms with Gasteiger partial charge in [-0.15, -0.1) is 0 Å². The molecule has 2 heterocycles. The van der Waals surface area contributed by atoms with Gasteiger partial charge in [0.25, 0.3) is 0 Å². The highest BCUT2D eigenvalue weighted by Gasteiger charge is 2.04. The fraction of sp³-hybridized carbons (Fsp3) is 0.500. The summed E-state index contributed by atoms with van der Waals surface area (Å²) in [4.78, 5) is 0. The van der Waals surface area contributed by atoms with E-state index in [1.165, 1.54) is 5.69 Å². The van der Waals surface area contributed by atoms with E-state index in [4.69, 9.17) is 0 Å². The molecule has 0 aliphatic heterocycles. The second kappa shape index (κ2) is 5.03. The first-order valence-electron chi connectivity index (χ1n) is 5.88. The summed E-state index contributed by atoms with van der Waals surface area (Å²) in [5.74, 6) is 0.604. The van der Waals surface area contributed by atoms with E-state index in [9.17, 15) is 0 Å². The summed E-state index contributed by atoms with van der Waals surface area (Å²) < 4.78 is 3.84. The summed E-state index contributed by atoms with van der Waals surface area (Å²) in [6.07, 6.45) is 5.63. The lowest BCUT2D eigenvalue weighted by atomic mass is 10.2. The Kier molecular flexibility index (Phi) is 3.46. The van der Waals surface area contributed by atoms with Crippen molar-refractivity contribution in [3.05, 3.63) is 30.4 Å². The van der Waals surface area contributed by atoms with Gasteiger partial charge in [-0.05, 0) is 12.0 Å². The molecule has 0 fully saturated rings.